The number of allylic oxidation sites excluding steroid dienone is 1. The summed E-state index contributed by atoms with van der Waals surface area (Å²) in [6.45, 7) is 3.66. The van der Waals surface area contributed by atoms with Crippen LogP contribution < -0.4 is 0 Å². The number of rotatable bonds is 6. The van der Waals surface area contributed by atoms with Gasteiger partial charge in [0, 0.05) is 18.0 Å². The average Bonchev–Trinajstić information content (AvgIpc) is 2.76. The van der Waals surface area contributed by atoms with Crippen molar-refractivity contribution in [2.75, 3.05) is 13.7 Å². The first-order chi connectivity index (χ1) is 14.9. The Balaban J connectivity index is 2.02. The van der Waals surface area contributed by atoms with Gasteiger partial charge in [0.05, 0.1) is 31.4 Å². The van der Waals surface area contributed by atoms with E-state index < -0.39 is 23.7 Å². The van der Waals surface area contributed by atoms with E-state index in [2.05, 4.69) is 0 Å². The molecule has 0 saturated heterocycles. The fraction of sp³-hybridized carbons (Fsp3) is 0.292. The van der Waals surface area contributed by atoms with Crippen molar-refractivity contribution >= 4 is 17.8 Å². The molecule has 1 atom stereocenters. The van der Waals surface area contributed by atoms with Gasteiger partial charge in [0.1, 0.15) is 5.82 Å². The Morgan fingerprint density at radius 3 is 2.55 bits per heavy atom. The van der Waals surface area contributed by atoms with Crippen molar-refractivity contribution in [3.8, 4) is 0 Å². The van der Waals surface area contributed by atoms with Crippen molar-refractivity contribution < 1.29 is 28.2 Å². The Kier molecular flexibility index (Phi) is 6.84. The second-order valence-corrected chi connectivity index (χ2v) is 7.17. The molecule has 3 rings (SSSR count). The molecule has 0 bridgehead atoms. The molecule has 1 aliphatic heterocycles. The first-order valence-electron chi connectivity index (χ1n) is 9.97. The quantitative estimate of drug-likeness (QED) is 0.655. The van der Waals surface area contributed by atoms with E-state index in [1.54, 1.807) is 56.3 Å². The van der Waals surface area contributed by atoms with Crippen molar-refractivity contribution in [3.63, 3.8) is 0 Å². The van der Waals surface area contributed by atoms with E-state index in [-0.39, 0.29) is 36.6 Å². The van der Waals surface area contributed by atoms with Gasteiger partial charge in [0.15, 0.2) is 0 Å². The van der Waals surface area contributed by atoms with Gasteiger partial charge in [0.2, 0.25) is 5.91 Å². The van der Waals surface area contributed by atoms with Gasteiger partial charge in [-0.05, 0) is 43.2 Å². The highest BCUT2D eigenvalue weighted by Crippen LogP contribution is 2.38. The van der Waals surface area contributed by atoms with E-state index >= 15 is 0 Å². The molecule has 7 heteroatoms. The third-order valence-electron chi connectivity index (χ3n) is 5.29. The third-order valence-corrected chi connectivity index (χ3v) is 5.29. The molecule has 1 unspecified atom stereocenters. The highest BCUT2D eigenvalue weighted by atomic mass is 19.1. The minimum Gasteiger partial charge on any atom is -0.465 e. The highest BCUT2D eigenvalue weighted by Gasteiger charge is 2.38. The van der Waals surface area contributed by atoms with Gasteiger partial charge in [-0.1, -0.05) is 30.3 Å². The highest BCUT2D eigenvalue weighted by molar-refractivity contribution is 5.96. The van der Waals surface area contributed by atoms with Crippen molar-refractivity contribution in [3.05, 3.63) is 82.3 Å². The van der Waals surface area contributed by atoms with Gasteiger partial charge in [-0.25, -0.2) is 14.0 Å². The average molecular weight is 425 g/mol. The van der Waals surface area contributed by atoms with Crippen LogP contribution in [0.4, 0.5) is 4.39 Å². The minimum absolute atomic E-state index is 0.0664. The molecule has 2 aromatic rings. The topological polar surface area (TPSA) is 72.9 Å². The number of carbonyl (C=O) groups excluding carboxylic acids is 3. The lowest BCUT2D eigenvalue weighted by atomic mass is 9.83. The molecular weight excluding hydrogens is 401 g/mol. The van der Waals surface area contributed by atoms with E-state index in [1.165, 1.54) is 18.1 Å². The van der Waals surface area contributed by atoms with E-state index in [0.29, 0.717) is 16.8 Å². The summed E-state index contributed by atoms with van der Waals surface area (Å²) in [6, 6.07) is 12.9. The molecule has 31 heavy (non-hydrogen) atoms. The van der Waals surface area contributed by atoms with Crippen LogP contribution in [0.25, 0.3) is 0 Å². The molecule has 0 aromatic heterocycles. The number of benzene rings is 2. The van der Waals surface area contributed by atoms with Crippen LogP contribution in [-0.2, 0) is 25.6 Å². The fourth-order valence-electron chi connectivity index (χ4n) is 3.80. The van der Waals surface area contributed by atoms with Gasteiger partial charge in [-0.15, -0.1) is 0 Å². The van der Waals surface area contributed by atoms with Crippen molar-refractivity contribution in [2.45, 2.75) is 32.7 Å². The number of amides is 1. The minimum atomic E-state index is -0.731. The number of hydrogen-bond donors (Lipinski definition) is 0. The Labute approximate surface area is 180 Å². The van der Waals surface area contributed by atoms with Crippen LogP contribution in [0, 0.1) is 5.82 Å². The predicted octanol–water partition coefficient (Wildman–Crippen LogP) is 3.97. The lowest BCUT2D eigenvalue weighted by Crippen LogP contribution is -2.38. The Morgan fingerprint density at radius 2 is 1.87 bits per heavy atom. The van der Waals surface area contributed by atoms with Gasteiger partial charge >= 0.3 is 11.9 Å². The summed E-state index contributed by atoms with van der Waals surface area (Å²) in [5.41, 5.74) is 2.01. The molecule has 2 aromatic carbocycles. The van der Waals surface area contributed by atoms with Crippen LogP contribution in [0.5, 0.6) is 0 Å². The largest absolute Gasteiger partial charge is 0.465 e. The summed E-state index contributed by atoms with van der Waals surface area (Å²) < 4.78 is 24.5. The smallest absolute Gasteiger partial charge is 0.337 e. The maximum Gasteiger partial charge on any atom is 0.337 e. The van der Waals surface area contributed by atoms with Crippen molar-refractivity contribution in [1.82, 2.24) is 4.90 Å². The molecular formula is C24H24FNO5. The van der Waals surface area contributed by atoms with Crippen LogP contribution in [0.1, 0.15) is 47.7 Å². The number of halogens is 1. The van der Waals surface area contributed by atoms with Crippen LogP contribution in [-0.4, -0.2) is 36.5 Å². The molecule has 0 spiro atoms. The Morgan fingerprint density at radius 1 is 1.13 bits per heavy atom. The number of carbonyl (C=O) groups is 3. The predicted molar refractivity (Wildman–Crippen MR) is 111 cm³/mol. The van der Waals surface area contributed by atoms with Crippen LogP contribution in [0.3, 0.4) is 0 Å². The number of hydrogen-bond acceptors (Lipinski definition) is 5. The third kappa shape index (κ3) is 4.66. The number of ether oxygens (including phenoxy) is 2. The van der Waals surface area contributed by atoms with Crippen LogP contribution >= 0.6 is 0 Å². The second kappa shape index (κ2) is 9.55. The lowest BCUT2D eigenvalue weighted by molar-refractivity contribution is -0.140. The summed E-state index contributed by atoms with van der Waals surface area (Å²) in [5.74, 6) is -2.51. The molecule has 0 saturated carbocycles. The summed E-state index contributed by atoms with van der Waals surface area (Å²) in [4.78, 5) is 39.1. The first kappa shape index (κ1) is 22.2. The zero-order chi connectivity index (χ0) is 22.5. The zero-order valence-electron chi connectivity index (χ0n) is 17.7. The molecule has 1 heterocycles. The lowest BCUT2D eigenvalue weighted by Gasteiger charge is -2.34. The Bertz CT molecular complexity index is 1050. The fourth-order valence-corrected chi connectivity index (χ4v) is 3.80. The van der Waals surface area contributed by atoms with E-state index in [4.69, 9.17) is 9.47 Å². The maximum absolute atomic E-state index is 14.5. The number of esters is 2. The molecule has 1 aliphatic rings. The summed E-state index contributed by atoms with van der Waals surface area (Å²) in [7, 11) is 1.30. The second-order valence-electron chi connectivity index (χ2n) is 7.17. The number of methoxy groups -OCH3 is 1. The van der Waals surface area contributed by atoms with E-state index in [1.807, 2.05) is 0 Å². The van der Waals surface area contributed by atoms with Crippen molar-refractivity contribution in [2.24, 2.45) is 0 Å². The van der Waals surface area contributed by atoms with E-state index in [0.717, 1.165) is 0 Å². The normalized spacial score (nSPS) is 16.3. The first-order valence-corrected chi connectivity index (χ1v) is 9.97. The summed E-state index contributed by atoms with van der Waals surface area (Å²) in [6.07, 6.45) is -0.0664. The molecule has 162 valence electrons. The molecule has 0 N–H and O–H groups in total. The monoisotopic (exact) mass is 425 g/mol. The van der Waals surface area contributed by atoms with Crippen molar-refractivity contribution in [1.29, 1.82) is 0 Å². The Hall–Kier alpha value is -3.48. The maximum atomic E-state index is 14.5. The molecule has 0 fully saturated rings. The standard InChI is InChI=1S/C24H24FNO5/c1-4-31-24(29)22-15(2)26(14-16-8-7-9-17(12-16)23(28)30-3)21(27)13-19(22)18-10-5-6-11-20(18)25/h5-12,19H,4,13-14H2,1-3H3. The van der Waals surface area contributed by atoms with Gasteiger partial charge < -0.3 is 14.4 Å². The van der Waals surface area contributed by atoms with Crippen LogP contribution in [0.15, 0.2) is 59.8 Å². The molecule has 6 nitrogen and oxygen atoms in total. The van der Waals surface area contributed by atoms with Crippen LogP contribution in [0.2, 0.25) is 0 Å². The summed E-state index contributed by atoms with van der Waals surface area (Å²) >= 11 is 0. The molecule has 1 amide bonds. The molecule has 0 aliphatic carbocycles. The number of nitrogens with zero attached hydrogens (tertiary/aromatic N) is 1. The zero-order valence-corrected chi connectivity index (χ0v) is 17.7. The molecule has 0 radical (unpaired) electrons. The van der Waals surface area contributed by atoms with E-state index in [9.17, 15) is 18.8 Å². The van der Waals surface area contributed by atoms with Gasteiger partial charge in [-0.2, -0.15) is 0 Å². The summed E-state index contributed by atoms with van der Waals surface area (Å²) in [5, 5.41) is 0. The van der Waals surface area contributed by atoms with Gasteiger partial charge in [0.25, 0.3) is 0 Å². The van der Waals surface area contributed by atoms with Gasteiger partial charge in [-0.3, -0.25) is 4.79 Å². The SMILES string of the molecule is CCOC(=O)C1=C(C)N(Cc2cccc(C(=O)OC)c2)C(=O)CC1c1ccccc1F.